The zero-order chi connectivity index (χ0) is 27.7. The second kappa shape index (κ2) is 13.1. The van der Waals surface area contributed by atoms with E-state index in [0.29, 0.717) is 12.0 Å². The molecule has 0 aromatic heterocycles. The van der Waals surface area contributed by atoms with E-state index in [1.54, 1.807) is 12.1 Å². The van der Waals surface area contributed by atoms with Crippen LogP contribution in [0, 0.1) is 0 Å². The highest BCUT2D eigenvalue weighted by Gasteiger charge is 2.50. The molecule has 0 atom stereocenters. The van der Waals surface area contributed by atoms with Gasteiger partial charge in [-0.1, -0.05) is 130 Å². The van der Waals surface area contributed by atoms with Gasteiger partial charge in [-0.25, -0.2) is 4.79 Å². The highest BCUT2D eigenvalue weighted by Crippen LogP contribution is 2.37. The van der Waals surface area contributed by atoms with Gasteiger partial charge >= 0.3 is 5.97 Å². The van der Waals surface area contributed by atoms with Gasteiger partial charge < -0.3 is 9.16 Å². The summed E-state index contributed by atoms with van der Waals surface area (Å²) < 4.78 is 12.6. The molecule has 0 saturated carbocycles. The summed E-state index contributed by atoms with van der Waals surface area (Å²) in [5.41, 5.74) is 2.42. The fraction of sp³-hybridized carbons (Fsp3) is 0.206. The topological polar surface area (TPSA) is 35.5 Å². The van der Waals surface area contributed by atoms with Gasteiger partial charge in [0.1, 0.15) is 0 Å². The van der Waals surface area contributed by atoms with Crippen molar-refractivity contribution in [3.63, 3.8) is 0 Å². The van der Waals surface area contributed by atoms with Crippen LogP contribution in [0.15, 0.2) is 127 Å². The van der Waals surface area contributed by atoms with Crippen LogP contribution < -0.4 is 10.4 Å². The summed E-state index contributed by atoms with van der Waals surface area (Å²) in [6.07, 6.45) is 3.24. The number of ether oxygens (including phenoxy) is 1. The number of hydrogen-bond donors (Lipinski definition) is 0. The first-order chi connectivity index (χ1) is 18.8. The number of benzene rings is 4. The number of rotatable bonds is 10. The van der Waals surface area contributed by atoms with Gasteiger partial charge in [-0.3, -0.25) is 0 Å². The fourth-order valence-electron chi connectivity index (χ4n) is 4.98. The van der Waals surface area contributed by atoms with Crippen molar-refractivity contribution < 1.29 is 14.0 Å². The highest BCUT2D eigenvalue weighted by atomic mass is 35.5. The molecule has 0 amide bonds. The van der Waals surface area contributed by atoms with Gasteiger partial charge in [0.2, 0.25) is 0 Å². The summed E-state index contributed by atoms with van der Waals surface area (Å²) in [6.45, 7) is 6.98. The molecular weight excluding hydrogens is 520 g/mol. The van der Waals surface area contributed by atoms with Crippen molar-refractivity contribution in [3.05, 3.63) is 143 Å². The molecule has 5 heteroatoms. The molecule has 0 saturated heterocycles. The third-order valence-electron chi connectivity index (χ3n) is 6.87. The molecule has 200 valence electrons. The SMILES string of the molecule is CC(C)(C)[Si](OCc1ccccc1C(=O)O/C(Cl)=C\CCc1ccccc1)(c1ccccc1)c1ccccc1. The summed E-state index contributed by atoms with van der Waals surface area (Å²) in [4.78, 5) is 13.2. The van der Waals surface area contributed by atoms with Crippen molar-refractivity contribution in [3.8, 4) is 0 Å². The van der Waals surface area contributed by atoms with Crippen LogP contribution in [0.3, 0.4) is 0 Å². The Kier molecular flexibility index (Phi) is 9.57. The maximum atomic E-state index is 13.2. The van der Waals surface area contributed by atoms with Crippen molar-refractivity contribution in [1.82, 2.24) is 0 Å². The van der Waals surface area contributed by atoms with E-state index in [1.807, 2.05) is 48.5 Å². The van der Waals surface area contributed by atoms with Crippen LogP contribution in [-0.2, 0) is 22.2 Å². The summed E-state index contributed by atoms with van der Waals surface area (Å²) >= 11 is 6.31. The molecule has 0 spiro atoms. The van der Waals surface area contributed by atoms with E-state index in [2.05, 4.69) is 81.4 Å². The van der Waals surface area contributed by atoms with Gasteiger partial charge in [0.25, 0.3) is 8.32 Å². The third-order valence-corrected chi connectivity index (χ3v) is 12.1. The van der Waals surface area contributed by atoms with Gasteiger partial charge in [0.15, 0.2) is 5.22 Å². The van der Waals surface area contributed by atoms with Crippen LogP contribution in [0.1, 0.15) is 48.7 Å². The molecule has 0 bridgehead atoms. The molecule has 0 aliphatic rings. The van der Waals surface area contributed by atoms with E-state index in [9.17, 15) is 4.79 Å². The average molecular weight is 555 g/mol. The molecule has 0 aliphatic heterocycles. The average Bonchev–Trinajstić information content (AvgIpc) is 2.94. The number of esters is 1. The molecular formula is C34H35ClO3Si. The van der Waals surface area contributed by atoms with E-state index >= 15 is 0 Å². The monoisotopic (exact) mass is 554 g/mol. The zero-order valence-electron chi connectivity index (χ0n) is 22.8. The Balaban J connectivity index is 1.57. The largest absolute Gasteiger partial charge is 0.411 e. The summed E-state index contributed by atoms with van der Waals surface area (Å²) in [5, 5.41) is 2.29. The Morgan fingerprint density at radius 1 is 0.769 bits per heavy atom. The molecule has 0 heterocycles. The third kappa shape index (κ3) is 6.96. The van der Waals surface area contributed by atoms with E-state index < -0.39 is 14.3 Å². The van der Waals surface area contributed by atoms with Gasteiger partial charge in [0.05, 0.1) is 12.2 Å². The Morgan fingerprint density at radius 2 is 1.28 bits per heavy atom. The van der Waals surface area contributed by atoms with Gasteiger partial charge in [-0.15, -0.1) is 0 Å². The lowest BCUT2D eigenvalue weighted by atomic mass is 10.1. The van der Waals surface area contributed by atoms with E-state index in [1.165, 1.54) is 15.9 Å². The molecule has 0 aliphatic carbocycles. The number of hydrogen-bond acceptors (Lipinski definition) is 3. The lowest BCUT2D eigenvalue weighted by molar-refractivity contribution is 0.0645. The van der Waals surface area contributed by atoms with Crippen molar-refractivity contribution >= 4 is 36.3 Å². The maximum Gasteiger partial charge on any atom is 0.344 e. The molecule has 4 rings (SSSR count). The maximum absolute atomic E-state index is 13.2. The van der Waals surface area contributed by atoms with Crippen molar-refractivity contribution in [2.45, 2.75) is 45.3 Å². The molecule has 0 N–H and O–H groups in total. The number of allylic oxidation sites excluding steroid dienone is 1. The fourth-order valence-corrected chi connectivity index (χ4v) is 9.68. The molecule has 0 fully saturated rings. The zero-order valence-corrected chi connectivity index (χ0v) is 24.5. The standard InChI is InChI=1S/C34H35ClO3Si/c1-34(2,3)39(29-20-9-5-10-21-29,30-22-11-6-12-23-30)37-26-28-19-13-14-24-31(28)33(36)38-32(35)25-15-18-27-16-7-4-8-17-27/h4-14,16-17,19-25H,15,18,26H2,1-3H3/b32-25-. The molecule has 0 radical (unpaired) electrons. The highest BCUT2D eigenvalue weighted by molar-refractivity contribution is 6.99. The quantitative estimate of drug-likeness (QED) is 0.115. The normalized spacial score (nSPS) is 12.3. The molecule has 0 unspecified atom stereocenters. The minimum absolute atomic E-state index is 0.0821. The van der Waals surface area contributed by atoms with Gasteiger partial charge in [-0.05, 0) is 63.1 Å². The second-order valence-electron chi connectivity index (χ2n) is 10.5. The van der Waals surface area contributed by atoms with Gasteiger partial charge in [0, 0.05) is 0 Å². The van der Waals surface area contributed by atoms with Crippen LogP contribution in [0.5, 0.6) is 0 Å². The number of halogens is 1. The first-order valence-electron chi connectivity index (χ1n) is 13.3. The minimum Gasteiger partial charge on any atom is -0.411 e. The van der Waals surface area contributed by atoms with E-state index in [4.69, 9.17) is 20.8 Å². The van der Waals surface area contributed by atoms with Crippen LogP contribution in [-0.4, -0.2) is 14.3 Å². The number of aryl methyl sites for hydroxylation is 1. The van der Waals surface area contributed by atoms with Crippen molar-refractivity contribution in [1.29, 1.82) is 0 Å². The predicted molar refractivity (Wildman–Crippen MR) is 163 cm³/mol. The molecule has 4 aromatic carbocycles. The first-order valence-corrected chi connectivity index (χ1v) is 15.5. The van der Waals surface area contributed by atoms with Crippen LogP contribution in [0.2, 0.25) is 5.04 Å². The molecule has 3 nitrogen and oxygen atoms in total. The predicted octanol–water partition coefficient (Wildman–Crippen LogP) is 7.63. The van der Waals surface area contributed by atoms with Crippen molar-refractivity contribution in [2.75, 3.05) is 0 Å². The lowest BCUT2D eigenvalue weighted by Gasteiger charge is -2.43. The molecule has 4 aromatic rings. The number of carbonyl (C=O) groups excluding carboxylic acids is 1. The first kappa shape index (κ1) is 28.6. The summed E-state index contributed by atoms with van der Waals surface area (Å²) in [7, 11) is -2.76. The van der Waals surface area contributed by atoms with E-state index in [0.717, 1.165) is 12.0 Å². The summed E-state index contributed by atoms with van der Waals surface area (Å²) in [6, 6.07) is 38.5. The van der Waals surface area contributed by atoms with Crippen LogP contribution in [0.25, 0.3) is 0 Å². The van der Waals surface area contributed by atoms with Crippen LogP contribution >= 0.6 is 11.6 Å². The lowest BCUT2D eigenvalue weighted by Crippen LogP contribution is -2.66. The minimum atomic E-state index is -2.76. The Bertz CT molecular complexity index is 1340. The van der Waals surface area contributed by atoms with Crippen molar-refractivity contribution in [2.24, 2.45) is 0 Å². The van der Waals surface area contributed by atoms with Crippen LogP contribution in [0.4, 0.5) is 0 Å². The van der Waals surface area contributed by atoms with E-state index in [-0.39, 0.29) is 16.9 Å². The Hall–Kier alpha value is -3.44. The summed E-state index contributed by atoms with van der Waals surface area (Å²) in [5.74, 6) is -0.488. The second-order valence-corrected chi connectivity index (χ2v) is 15.2. The number of carbonyl (C=O) groups is 1. The van der Waals surface area contributed by atoms with Gasteiger partial charge in [-0.2, -0.15) is 0 Å². The Morgan fingerprint density at radius 3 is 1.85 bits per heavy atom. The molecule has 39 heavy (non-hydrogen) atoms. The smallest absolute Gasteiger partial charge is 0.344 e. The Labute approximate surface area is 238 Å².